The van der Waals surface area contributed by atoms with Gasteiger partial charge in [-0.2, -0.15) is 0 Å². The second-order valence-electron chi connectivity index (χ2n) is 6.00. The molecule has 20 heavy (non-hydrogen) atoms. The standard InChI is InChI=1S/C18H34O2/c1-3-4-5-6-7-8-9-10-11-14-17(2)15-12-13-16-18(19)20/h9-10,17H,3-8,11-16H2,1-2H3,(H,19,20). The van der Waals surface area contributed by atoms with Gasteiger partial charge in [-0.25, -0.2) is 0 Å². The molecule has 1 N–H and O–H groups in total. The lowest BCUT2D eigenvalue weighted by molar-refractivity contribution is -0.137. The van der Waals surface area contributed by atoms with Gasteiger partial charge in [0.25, 0.3) is 0 Å². The number of hydrogen-bond donors (Lipinski definition) is 1. The molecule has 0 aromatic heterocycles. The van der Waals surface area contributed by atoms with E-state index < -0.39 is 5.97 Å². The predicted octanol–water partition coefficient (Wildman–Crippen LogP) is 5.96. The first kappa shape index (κ1) is 19.2. The minimum Gasteiger partial charge on any atom is -0.481 e. The molecule has 0 aliphatic rings. The van der Waals surface area contributed by atoms with Crippen molar-refractivity contribution in [1.29, 1.82) is 0 Å². The number of carboxylic acids is 1. The van der Waals surface area contributed by atoms with Gasteiger partial charge < -0.3 is 5.11 Å². The van der Waals surface area contributed by atoms with Crippen LogP contribution in [-0.4, -0.2) is 11.1 Å². The molecule has 1 atom stereocenters. The molecule has 0 aliphatic heterocycles. The molecule has 1 unspecified atom stereocenters. The van der Waals surface area contributed by atoms with Crippen LogP contribution in [0.1, 0.15) is 90.9 Å². The van der Waals surface area contributed by atoms with Crippen LogP contribution in [-0.2, 0) is 4.79 Å². The summed E-state index contributed by atoms with van der Waals surface area (Å²) in [7, 11) is 0. The Morgan fingerprint density at radius 3 is 2.35 bits per heavy atom. The normalized spacial score (nSPS) is 12.9. The highest BCUT2D eigenvalue weighted by molar-refractivity contribution is 5.66. The quantitative estimate of drug-likeness (QED) is 0.315. The van der Waals surface area contributed by atoms with Crippen molar-refractivity contribution in [1.82, 2.24) is 0 Å². The summed E-state index contributed by atoms with van der Waals surface area (Å²) in [5, 5.41) is 8.56. The van der Waals surface area contributed by atoms with E-state index in [0.717, 1.165) is 25.2 Å². The molecule has 0 fully saturated rings. The smallest absolute Gasteiger partial charge is 0.303 e. The Bertz CT molecular complexity index is 246. The summed E-state index contributed by atoms with van der Waals surface area (Å²) in [5.74, 6) is 0.0533. The van der Waals surface area contributed by atoms with Crippen LogP contribution in [0.5, 0.6) is 0 Å². The van der Waals surface area contributed by atoms with E-state index in [9.17, 15) is 4.79 Å². The lowest BCUT2D eigenvalue weighted by Gasteiger charge is -2.08. The minimum atomic E-state index is -0.667. The van der Waals surface area contributed by atoms with Gasteiger partial charge in [-0.15, -0.1) is 0 Å². The van der Waals surface area contributed by atoms with Gasteiger partial charge in [0.2, 0.25) is 0 Å². The molecule has 0 heterocycles. The summed E-state index contributed by atoms with van der Waals surface area (Å²) in [4.78, 5) is 10.4. The second-order valence-corrected chi connectivity index (χ2v) is 6.00. The van der Waals surface area contributed by atoms with E-state index in [-0.39, 0.29) is 0 Å². The molecule has 2 heteroatoms. The molecule has 0 bridgehead atoms. The highest BCUT2D eigenvalue weighted by atomic mass is 16.4. The van der Waals surface area contributed by atoms with Gasteiger partial charge in [-0.1, -0.05) is 64.5 Å². The van der Waals surface area contributed by atoms with E-state index in [2.05, 4.69) is 26.0 Å². The molecule has 118 valence electrons. The van der Waals surface area contributed by atoms with Crippen LogP contribution in [0.15, 0.2) is 12.2 Å². The molecule has 0 aromatic carbocycles. The van der Waals surface area contributed by atoms with Gasteiger partial charge in [-0.05, 0) is 38.0 Å². The Morgan fingerprint density at radius 2 is 1.65 bits per heavy atom. The zero-order valence-corrected chi connectivity index (χ0v) is 13.6. The third kappa shape index (κ3) is 15.3. The van der Waals surface area contributed by atoms with E-state index in [1.165, 1.54) is 51.4 Å². The second kappa shape index (κ2) is 14.6. The number of hydrogen-bond acceptors (Lipinski definition) is 1. The fraction of sp³-hybridized carbons (Fsp3) is 0.833. The Labute approximate surface area is 125 Å². The average Bonchev–Trinajstić information content (AvgIpc) is 2.41. The summed E-state index contributed by atoms with van der Waals surface area (Å²) >= 11 is 0. The molecular weight excluding hydrogens is 248 g/mol. The average molecular weight is 282 g/mol. The van der Waals surface area contributed by atoms with Crippen LogP contribution in [0, 0.1) is 5.92 Å². The van der Waals surface area contributed by atoms with E-state index in [1.807, 2.05) is 0 Å². The van der Waals surface area contributed by atoms with Gasteiger partial charge in [0.1, 0.15) is 0 Å². The number of aliphatic carboxylic acids is 1. The predicted molar refractivity (Wildman–Crippen MR) is 87.0 cm³/mol. The summed E-state index contributed by atoms with van der Waals surface area (Å²) < 4.78 is 0. The summed E-state index contributed by atoms with van der Waals surface area (Å²) in [6.07, 6.45) is 18.5. The van der Waals surface area contributed by atoms with E-state index in [0.29, 0.717) is 6.42 Å². The highest BCUT2D eigenvalue weighted by Crippen LogP contribution is 2.15. The zero-order chi connectivity index (χ0) is 15.1. The van der Waals surface area contributed by atoms with Crippen molar-refractivity contribution in [2.45, 2.75) is 90.9 Å². The molecule has 0 aromatic rings. The third-order valence-corrected chi connectivity index (χ3v) is 3.80. The van der Waals surface area contributed by atoms with Crippen LogP contribution in [0.2, 0.25) is 0 Å². The first-order valence-corrected chi connectivity index (χ1v) is 8.53. The number of carboxylic acid groups (broad SMARTS) is 1. The van der Waals surface area contributed by atoms with Crippen molar-refractivity contribution in [3.63, 3.8) is 0 Å². The number of rotatable bonds is 14. The fourth-order valence-electron chi connectivity index (χ4n) is 2.40. The van der Waals surface area contributed by atoms with Crippen LogP contribution >= 0.6 is 0 Å². The van der Waals surface area contributed by atoms with Crippen molar-refractivity contribution in [2.75, 3.05) is 0 Å². The number of unbranched alkanes of at least 4 members (excludes halogenated alkanes) is 6. The topological polar surface area (TPSA) is 37.3 Å². The molecule has 0 aliphatic carbocycles. The van der Waals surface area contributed by atoms with Gasteiger partial charge in [0, 0.05) is 6.42 Å². The van der Waals surface area contributed by atoms with Crippen LogP contribution in [0.4, 0.5) is 0 Å². The van der Waals surface area contributed by atoms with Crippen molar-refractivity contribution in [3.8, 4) is 0 Å². The van der Waals surface area contributed by atoms with Crippen LogP contribution in [0.3, 0.4) is 0 Å². The van der Waals surface area contributed by atoms with Crippen molar-refractivity contribution < 1.29 is 9.90 Å². The van der Waals surface area contributed by atoms with E-state index in [1.54, 1.807) is 0 Å². The molecule has 0 saturated carbocycles. The Kier molecular flexibility index (Phi) is 14.0. The van der Waals surface area contributed by atoms with E-state index >= 15 is 0 Å². The summed E-state index contributed by atoms with van der Waals surface area (Å²) in [6, 6.07) is 0. The van der Waals surface area contributed by atoms with Gasteiger partial charge >= 0.3 is 5.97 Å². The van der Waals surface area contributed by atoms with Crippen LogP contribution < -0.4 is 0 Å². The largest absolute Gasteiger partial charge is 0.481 e. The Morgan fingerprint density at radius 1 is 0.950 bits per heavy atom. The Balaban J connectivity index is 3.29. The molecule has 0 radical (unpaired) electrons. The first-order chi connectivity index (χ1) is 9.66. The molecule has 0 rings (SSSR count). The SMILES string of the molecule is CCCCCCCC=CCCC(C)CCCCC(=O)O. The van der Waals surface area contributed by atoms with Gasteiger partial charge in [0.15, 0.2) is 0 Å². The third-order valence-electron chi connectivity index (χ3n) is 3.80. The molecule has 0 saturated heterocycles. The maximum atomic E-state index is 10.4. The highest BCUT2D eigenvalue weighted by Gasteiger charge is 2.02. The zero-order valence-electron chi connectivity index (χ0n) is 13.6. The number of carbonyl (C=O) groups is 1. The van der Waals surface area contributed by atoms with Crippen molar-refractivity contribution in [3.05, 3.63) is 12.2 Å². The molecular formula is C18H34O2. The van der Waals surface area contributed by atoms with E-state index in [4.69, 9.17) is 5.11 Å². The van der Waals surface area contributed by atoms with Gasteiger partial charge in [0.05, 0.1) is 0 Å². The fourth-order valence-corrected chi connectivity index (χ4v) is 2.40. The first-order valence-electron chi connectivity index (χ1n) is 8.53. The molecule has 2 nitrogen and oxygen atoms in total. The monoisotopic (exact) mass is 282 g/mol. The summed E-state index contributed by atoms with van der Waals surface area (Å²) in [6.45, 7) is 4.53. The maximum Gasteiger partial charge on any atom is 0.303 e. The minimum absolute atomic E-state index is 0.324. The lowest BCUT2D eigenvalue weighted by atomic mass is 9.98. The van der Waals surface area contributed by atoms with Gasteiger partial charge in [-0.3, -0.25) is 4.79 Å². The Hall–Kier alpha value is -0.790. The summed E-state index contributed by atoms with van der Waals surface area (Å²) in [5.41, 5.74) is 0. The molecule has 0 spiro atoms. The number of allylic oxidation sites excluding steroid dienone is 2. The lowest BCUT2D eigenvalue weighted by Crippen LogP contribution is -1.97. The maximum absolute atomic E-state index is 10.4. The van der Waals surface area contributed by atoms with Crippen molar-refractivity contribution in [2.24, 2.45) is 5.92 Å². The van der Waals surface area contributed by atoms with Crippen molar-refractivity contribution >= 4 is 5.97 Å². The molecule has 0 amide bonds. The van der Waals surface area contributed by atoms with Crippen LogP contribution in [0.25, 0.3) is 0 Å².